The number of fused-ring (bicyclic) bond motifs is 2. The third-order valence-corrected chi connectivity index (χ3v) is 9.51. The van der Waals surface area contributed by atoms with E-state index in [0.717, 1.165) is 32.2 Å². The number of aromatic nitrogens is 2. The summed E-state index contributed by atoms with van der Waals surface area (Å²) in [5.41, 5.74) is -0.654. The molecule has 1 unspecified atom stereocenters. The molecule has 3 fully saturated rings. The molecule has 3 aliphatic rings. The number of anilines is 1. The standard InChI is InChI=1S/C34H36F3N5O3/c1-4-21-24(35)7-6-19-12-20(43)13-22(27(19)21)28-25(36)14-23-30(29(28)37)38-32(45-18-33(9-10-33)16-41(2)3)39-31(23)42-11-5-8-34(17-42)15-26(44)40-34/h6-7,12-14,43H,4-5,8-11,15-18H2,1-3H3,(H,40,44). The van der Waals surface area contributed by atoms with Crippen molar-refractivity contribution in [3.8, 4) is 22.9 Å². The number of carbonyl (C=O) groups excluding carboxylic acids is 1. The van der Waals surface area contributed by atoms with Crippen LogP contribution in [0.4, 0.5) is 19.0 Å². The van der Waals surface area contributed by atoms with Crippen LogP contribution in [0.2, 0.25) is 0 Å². The Morgan fingerprint density at radius 3 is 2.56 bits per heavy atom. The molecule has 1 amide bonds. The van der Waals surface area contributed by atoms with E-state index in [1.165, 1.54) is 30.3 Å². The van der Waals surface area contributed by atoms with Crippen molar-refractivity contribution in [2.24, 2.45) is 5.41 Å². The van der Waals surface area contributed by atoms with E-state index in [2.05, 4.69) is 15.2 Å². The lowest BCUT2D eigenvalue weighted by atomic mass is 9.79. The summed E-state index contributed by atoms with van der Waals surface area (Å²) in [7, 11) is 4.00. The molecule has 2 saturated heterocycles. The number of piperidine rings is 1. The van der Waals surface area contributed by atoms with E-state index < -0.39 is 28.6 Å². The van der Waals surface area contributed by atoms with Crippen molar-refractivity contribution in [3.63, 3.8) is 0 Å². The van der Waals surface area contributed by atoms with Crippen LogP contribution in [-0.4, -0.2) is 71.8 Å². The fourth-order valence-electron chi connectivity index (χ4n) is 7.31. The zero-order valence-electron chi connectivity index (χ0n) is 25.6. The Hall–Kier alpha value is -4.12. The first kappa shape index (κ1) is 29.6. The summed E-state index contributed by atoms with van der Waals surface area (Å²) in [5, 5.41) is 14.5. The second-order valence-corrected chi connectivity index (χ2v) is 13.3. The number of halogens is 3. The first-order valence-electron chi connectivity index (χ1n) is 15.5. The number of nitrogens with zero attached hydrogens (tertiary/aromatic N) is 4. The van der Waals surface area contributed by atoms with Gasteiger partial charge in [0.05, 0.1) is 24.1 Å². The van der Waals surface area contributed by atoms with Crippen molar-refractivity contribution in [1.29, 1.82) is 0 Å². The van der Waals surface area contributed by atoms with Crippen LogP contribution >= 0.6 is 0 Å². The number of carbonyl (C=O) groups is 1. The summed E-state index contributed by atoms with van der Waals surface area (Å²) in [4.78, 5) is 25.1. The largest absolute Gasteiger partial charge is 0.508 e. The summed E-state index contributed by atoms with van der Waals surface area (Å²) >= 11 is 0. The van der Waals surface area contributed by atoms with E-state index in [1.807, 2.05) is 19.0 Å². The third-order valence-electron chi connectivity index (χ3n) is 9.51. The lowest BCUT2D eigenvalue weighted by molar-refractivity contribution is -0.133. The van der Waals surface area contributed by atoms with Gasteiger partial charge in [-0.2, -0.15) is 9.97 Å². The number of amides is 1. The van der Waals surface area contributed by atoms with Crippen molar-refractivity contribution in [2.45, 2.75) is 51.0 Å². The fraction of sp³-hybridized carbons (Fsp3) is 0.441. The molecule has 0 radical (unpaired) electrons. The van der Waals surface area contributed by atoms with Crippen LogP contribution in [0.15, 0.2) is 30.3 Å². The van der Waals surface area contributed by atoms with Gasteiger partial charge in [0.1, 0.15) is 28.7 Å². The number of phenolic OH excluding ortho intramolecular Hbond substituents is 1. The average Bonchev–Trinajstić information content (AvgIpc) is 3.74. The van der Waals surface area contributed by atoms with Gasteiger partial charge < -0.3 is 25.0 Å². The van der Waals surface area contributed by atoms with E-state index in [0.29, 0.717) is 48.3 Å². The molecule has 8 nitrogen and oxygen atoms in total. The normalized spacial score (nSPS) is 20.6. The molecular weight excluding hydrogens is 583 g/mol. The molecule has 45 heavy (non-hydrogen) atoms. The predicted octanol–water partition coefficient (Wildman–Crippen LogP) is 5.71. The number of ether oxygens (including phenoxy) is 1. The molecule has 1 atom stereocenters. The van der Waals surface area contributed by atoms with E-state index in [4.69, 9.17) is 9.72 Å². The number of rotatable bonds is 8. The van der Waals surface area contributed by atoms with Crippen molar-refractivity contribution in [1.82, 2.24) is 20.2 Å². The highest BCUT2D eigenvalue weighted by Gasteiger charge is 2.47. The molecule has 11 heteroatoms. The lowest BCUT2D eigenvalue weighted by Gasteiger charge is -2.49. The summed E-state index contributed by atoms with van der Waals surface area (Å²) < 4.78 is 54.2. The van der Waals surface area contributed by atoms with E-state index in [1.54, 1.807) is 6.92 Å². The maximum atomic E-state index is 16.8. The van der Waals surface area contributed by atoms with Gasteiger partial charge in [-0.25, -0.2) is 13.2 Å². The highest BCUT2D eigenvalue weighted by atomic mass is 19.1. The molecule has 3 aromatic carbocycles. The number of nitrogens with one attached hydrogen (secondary N) is 1. The summed E-state index contributed by atoms with van der Waals surface area (Å²) in [6, 6.07) is 6.69. The molecular formula is C34H36F3N5O3. The van der Waals surface area contributed by atoms with Crippen LogP contribution < -0.4 is 15.0 Å². The molecule has 1 saturated carbocycles. The zero-order valence-corrected chi connectivity index (χ0v) is 25.6. The van der Waals surface area contributed by atoms with E-state index in [9.17, 15) is 14.3 Å². The van der Waals surface area contributed by atoms with Crippen LogP contribution in [0.3, 0.4) is 0 Å². The van der Waals surface area contributed by atoms with Gasteiger partial charge in [0, 0.05) is 30.4 Å². The van der Waals surface area contributed by atoms with Gasteiger partial charge in [0.25, 0.3) is 0 Å². The number of benzene rings is 3. The van der Waals surface area contributed by atoms with Crippen LogP contribution in [0.1, 0.15) is 44.6 Å². The van der Waals surface area contributed by atoms with Crippen molar-refractivity contribution < 1.29 is 27.8 Å². The highest BCUT2D eigenvalue weighted by Crippen LogP contribution is 2.47. The van der Waals surface area contributed by atoms with Crippen molar-refractivity contribution in [3.05, 3.63) is 53.3 Å². The molecule has 3 heterocycles. The Bertz CT molecular complexity index is 1850. The topological polar surface area (TPSA) is 90.8 Å². The average molecular weight is 620 g/mol. The van der Waals surface area contributed by atoms with Crippen molar-refractivity contribution in [2.75, 3.05) is 45.2 Å². The number of β-lactam (4-membered cyclic amide) rings is 1. The molecule has 1 spiro atoms. The number of aryl methyl sites for hydroxylation is 1. The van der Waals surface area contributed by atoms with Gasteiger partial charge in [-0.15, -0.1) is 0 Å². The molecule has 2 N–H and O–H groups in total. The van der Waals surface area contributed by atoms with Crippen molar-refractivity contribution >= 4 is 33.4 Å². The van der Waals surface area contributed by atoms with Crippen LogP contribution in [-0.2, 0) is 11.2 Å². The Morgan fingerprint density at radius 1 is 1.09 bits per heavy atom. The molecule has 1 aliphatic carbocycles. The van der Waals surface area contributed by atoms with Gasteiger partial charge in [-0.05, 0) is 92.4 Å². The molecule has 7 rings (SSSR count). The maximum absolute atomic E-state index is 16.8. The minimum absolute atomic E-state index is 0.0164. The summed E-state index contributed by atoms with van der Waals surface area (Å²) in [5.74, 6) is -2.22. The highest BCUT2D eigenvalue weighted by molar-refractivity contribution is 6.03. The van der Waals surface area contributed by atoms with E-state index in [-0.39, 0.29) is 46.0 Å². The Morgan fingerprint density at radius 2 is 1.87 bits per heavy atom. The number of aromatic hydroxyl groups is 1. The van der Waals surface area contributed by atoms with Crippen LogP contribution in [0, 0.1) is 22.9 Å². The molecule has 2 aliphatic heterocycles. The Balaban J connectivity index is 1.40. The summed E-state index contributed by atoms with van der Waals surface area (Å²) in [6.45, 7) is 3.96. The molecule has 1 aromatic heterocycles. The Kier molecular flexibility index (Phi) is 7.07. The third kappa shape index (κ3) is 5.20. The molecule has 4 aromatic rings. The monoisotopic (exact) mass is 619 g/mol. The minimum atomic E-state index is -0.949. The fourth-order valence-corrected chi connectivity index (χ4v) is 7.31. The van der Waals surface area contributed by atoms with Crippen LogP contribution in [0.25, 0.3) is 32.8 Å². The van der Waals surface area contributed by atoms with Gasteiger partial charge in [0.15, 0.2) is 5.82 Å². The van der Waals surface area contributed by atoms with Gasteiger partial charge in [-0.1, -0.05) is 13.0 Å². The number of hydrogen-bond donors (Lipinski definition) is 2. The maximum Gasteiger partial charge on any atom is 0.319 e. The van der Waals surface area contributed by atoms with Gasteiger partial charge >= 0.3 is 6.01 Å². The number of phenols is 1. The molecule has 236 valence electrons. The lowest BCUT2D eigenvalue weighted by Crippen LogP contribution is -2.68. The first-order chi connectivity index (χ1) is 21.5. The van der Waals surface area contributed by atoms with Gasteiger partial charge in [0.2, 0.25) is 5.91 Å². The second kappa shape index (κ2) is 10.8. The first-order valence-corrected chi connectivity index (χ1v) is 15.5. The predicted molar refractivity (Wildman–Crippen MR) is 166 cm³/mol. The molecule has 0 bridgehead atoms. The zero-order chi connectivity index (χ0) is 31.7. The Labute approximate surface area is 259 Å². The SMILES string of the molecule is CCc1c(F)ccc2cc(O)cc(-c3c(F)cc4c(N5CCCC6(CC(=O)N6)C5)nc(OCC5(CN(C)C)CC5)nc4c3F)c12. The van der Waals surface area contributed by atoms with Crippen LogP contribution in [0.5, 0.6) is 11.8 Å². The summed E-state index contributed by atoms with van der Waals surface area (Å²) in [6.07, 6.45) is 4.22. The van der Waals surface area contributed by atoms with E-state index >= 15 is 8.78 Å². The smallest absolute Gasteiger partial charge is 0.319 e. The minimum Gasteiger partial charge on any atom is -0.508 e. The van der Waals surface area contributed by atoms with Gasteiger partial charge in [-0.3, -0.25) is 4.79 Å². The second-order valence-electron chi connectivity index (χ2n) is 13.3. The number of hydrogen-bond acceptors (Lipinski definition) is 7. The quantitative estimate of drug-likeness (QED) is 0.244.